The molecule has 0 heterocycles. The number of carbonyl (C=O) groups excluding carboxylic acids is 3. The highest BCUT2D eigenvalue weighted by molar-refractivity contribution is 6.01. The summed E-state index contributed by atoms with van der Waals surface area (Å²) < 4.78 is 43.2. The number of hydrogen-bond acceptors (Lipinski definition) is 4. The van der Waals surface area contributed by atoms with Gasteiger partial charge in [-0.25, -0.2) is 27.6 Å². The number of hydrogen-bond donors (Lipinski definition) is 4. The van der Waals surface area contributed by atoms with E-state index in [1.165, 1.54) is 79.9 Å². The minimum Gasteiger partial charge on any atom is -0.465 e. The van der Waals surface area contributed by atoms with Crippen molar-refractivity contribution in [3.63, 3.8) is 0 Å². The normalized spacial score (nSPS) is 9.85. The first-order chi connectivity index (χ1) is 18.7. The van der Waals surface area contributed by atoms with Crippen molar-refractivity contribution >= 4 is 40.8 Å². The average Bonchev–Trinajstić information content (AvgIpc) is 2.92. The summed E-state index contributed by atoms with van der Waals surface area (Å²) in [5.74, 6) is -1.79. The van der Waals surface area contributed by atoms with Gasteiger partial charge in [-0.1, -0.05) is 18.2 Å². The first-order valence-corrected chi connectivity index (χ1v) is 11.3. The van der Waals surface area contributed by atoms with Crippen LogP contribution in [0.15, 0.2) is 97.1 Å². The highest BCUT2D eigenvalue weighted by Gasteiger charge is 2.08. The predicted octanol–water partition coefficient (Wildman–Crippen LogP) is 6.87. The van der Waals surface area contributed by atoms with Crippen LogP contribution in [0, 0.1) is 17.5 Å². The highest BCUT2D eigenvalue weighted by Crippen LogP contribution is 2.15. The molecule has 11 heteroatoms. The number of carbonyl (C=O) groups is 3. The number of urea groups is 2. The zero-order chi connectivity index (χ0) is 28.2. The molecular formula is C28H23F3N4O4. The summed E-state index contributed by atoms with van der Waals surface area (Å²) in [6.07, 6.45) is 0. The van der Waals surface area contributed by atoms with Gasteiger partial charge in [0, 0.05) is 17.1 Å². The molecule has 0 spiro atoms. The van der Waals surface area contributed by atoms with Crippen LogP contribution in [0.5, 0.6) is 0 Å². The molecule has 0 aliphatic carbocycles. The van der Waals surface area contributed by atoms with Crippen LogP contribution in [0.1, 0.15) is 10.4 Å². The van der Waals surface area contributed by atoms with Crippen molar-refractivity contribution in [3.05, 3.63) is 120 Å². The lowest BCUT2D eigenvalue weighted by Gasteiger charge is -2.08. The van der Waals surface area contributed by atoms with E-state index >= 15 is 0 Å². The van der Waals surface area contributed by atoms with E-state index in [1.54, 1.807) is 24.3 Å². The maximum Gasteiger partial charge on any atom is 0.337 e. The number of rotatable bonds is 5. The van der Waals surface area contributed by atoms with Crippen molar-refractivity contribution in [1.29, 1.82) is 0 Å². The summed E-state index contributed by atoms with van der Waals surface area (Å²) in [5, 5.41) is 9.94. The van der Waals surface area contributed by atoms with E-state index < -0.39 is 29.7 Å². The Labute approximate surface area is 221 Å². The summed E-state index contributed by atoms with van der Waals surface area (Å²) in [6.45, 7) is 0. The Hall–Kier alpha value is -5.32. The van der Waals surface area contributed by atoms with Gasteiger partial charge in [0.05, 0.1) is 18.4 Å². The molecule has 4 N–H and O–H groups in total. The van der Waals surface area contributed by atoms with Crippen molar-refractivity contribution in [3.8, 4) is 0 Å². The molecular weight excluding hydrogens is 513 g/mol. The molecule has 200 valence electrons. The molecule has 4 amide bonds. The number of nitrogens with one attached hydrogen (secondary N) is 4. The van der Waals surface area contributed by atoms with Crippen molar-refractivity contribution < 1.29 is 32.3 Å². The van der Waals surface area contributed by atoms with Crippen LogP contribution in [0.3, 0.4) is 0 Å². The monoisotopic (exact) mass is 536 g/mol. The summed E-state index contributed by atoms with van der Waals surface area (Å²) in [6, 6.07) is 21.7. The van der Waals surface area contributed by atoms with E-state index in [1.807, 2.05) is 0 Å². The number of halogens is 3. The molecule has 0 saturated carbocycles. The smallest absolute Gasteiger partial charge is 0.337 e. The molecule has 39 heavy (non-hydrogen) atoms. The van der Waals surface area contributed by atoms with Gasteiger partial charge < -0.3 is 26.0 Å². The van der Waals surface area contributed by atoms with Crippen LogP contribution in [0.4, 0.5) is 45.5 Å². The number of benzene rings is 4. The van der Waals surface area contributed by atoms with E-state index in [4.69, 9.17) is 0 Å². The highest BCUT2D eigenvalue weighted by atomic mass is 19.1. The molecule has 0 aliphatic rings. The van der Waals surface area contributed by atoms with Gasteiger partial charge in [-0.2, -0.15) is 0 Å². The lowest BCUT2D eigenvalue weighted by Crippen LogP contribution is -2.20. The molecule has 0 unspecified atom stereocenters. The number of esters is 1. The molecule has 0 saturated heterocycles. The van der Waals surface area contributed by atoms with Crippen LogP contribution in [-0.2, 0) is 4.74 Å². The summed E-state index contributed by atoms with van der Waals surface area (Å²) >= 11 is 0. The minimum atomic E-state index is -0.591. The van der Waals surface area contributed by atoms with E-state index in [9.17, 15) is 27.6 Å². The standard InChI is InChI=1S/C15H13FN2O3.C13H10F2N2O/c1-21-14(19)10-3-2-4-13(9-10)18-15(20)17-12-7-5-11(16)6-8-12;14-9-5-7-10(8-6-9)16-13(18)17-12-4-2-1-3-11(12)15/h2-9H,1H3,(H2,17,18,20);1-8H,(H2,16,17,18). The molecule has 0 fully saturated rings. The Balaban J connectivity index is 0.000000218. The number of methoxy groups -OCH3 is 1. The van der Waals surface area contributed by atoms with Crippen LogP contribution >= 0.6 is 0 Å². The largest absolute Gasteiger partial charge is 0.465 e. The second-order valence-electron chi connectivity index (χ2n) is 7.72. The zero-order valence-corrected chi connectivity index (χ0v) is 20.5. The third kappa shape index (κ3) is 9.25. The third-order valence-corrected chi connectivity index (χ3v) is 4.87. The molecule has 0 aliphatic heterocycles. The Kier molecular flexibility index (Phi) is 10.0. The fourth-order valence-electron chi connectivity index (χ4n) is 3.05. The van der Waals surface area contributed by atoms with Crippen molar-refractivity contribution in [1.82, 2.24) is 0 Å². The van der Waals surface area contributed by atoms with Gasteiger partial charge in [0.25, 0.3) is 0 Å². The lowest BCUT2D eigenvalue weighted by atomic mass is 10.2. The summed E-state index contributed by atoms with van der Waals surface area (Å²) in [4.78, 5) is 34.7. The van der Waals surface area contributed by atoms with Gasteiger partial charge in [-0.05, 0) is 78.9 Å². The first-order valence-electron chi connectivity index (χ1n) is 11.3. The fourth-order valence-corrected chi connectivity index (χ4v) is 3.05. The van der Waals surface area contributed by atoms with E-state index in [-0.39, 0.29) is 11.5 Å². The Morgan fingerprint density at radius 3 is 1.64 bits per heavy atom. The molecule has 0 aromatic heterocycles. The van der Waals surface area contributed by atoms with Crippen LogP contribution < -0.4 is 21.3 Å². The quantitative estimate of drug-likeness (QED) is 0.209. The van der Waals surface area contributed by atoms with Crippen molar-refractivity contribution in [2.24, 2.45) is 0 Å². The van der Waals surface area contributed by atoms with Gasteiger partial charge in [0.15, 0.2) is 0 Å². The van der Waals surface area contributed by atoms with Crippen molar-refractivity contribution in [2.75, 3.05) is 28.4 Å². The minimum absolute atomic E-state index is 0.0807. The third-order valence-electron chi connectivity index (χ3n) is 4.87. The van der Waals surface area contributed by atoms with Gasteiger partial charge in [0.1, 0.15) is 17.5 Å². The number of amides is 4. The van der Waals surface area contributed by atoms with Gasteiger partial charge >= 0.3 is 18.0 Å². The predicted molar refractivity (Wildman–Crippen MR) is 142 cm³/mol. The SMILES string of the molecule is COC(=O)c1cccc(NC(=O)Nc2ccc(F)cc2)c1.O=C(Nc1ccc(F)cc1)Nc1ccccc1F. The second kappa shape index (κ2) is 13.8. The van der Waals surface area contributed by atoms with Gasteiger partial charge in [0.2, 0.25) is 0 Å². The molecule has 4 rings (SSSR count). The number of ether oxygens (including phenoxy) is 1. The maximum atomic E-state index is 13.2. The molecule has 0 atom stereocenters. The fraction of sp³-hybridized carbons (Fsp3) is 0.0357. The van der Waals surface area contributed by atoms with Crippen molar-refractivity contribution in [2.45, 2.75) is 0 Å². The Bertz CT molecular complexity index is 1430. The number of anilines is 4. The van der Waals surface area contributed by atoms with Crippen LogP contribution in [0.25, 0.3) is 0 Å². The summed E-state index contributed by atoms with van der Waals surface area (Å²) in [7, 11) is 1.28. The molecule has 4 aromatic carbocycles. The lowest BCUT2D eigenvalue weighted by molar-refractivity contribution is 0.0600. The Morgan fingerprint density at radius 2 is 1.10 bits per heavy atom. The van der Waals surface area contributed by atoms with E-state index in [0.29, 0.717) is 22.6 Å². The molecule has 0 bridgehead atoms. The topological polar surface area (TPSA) is 109 Å². The Morgan fingerprint density at radius 1 is 0.590 bits per heavy atom. The van der Waals surface area contributed by atoms with Crippen LogP contribution in [0.2, 0.25) is 0 Å². The van der Waals surface area contributed by atoms with E-state index in [2.05, 4.69) is 26.0 Å². The van der Waals surface area contributed by atoms with E-state index in [0.717, 1.165) is 0 Å². The maximum absolute atomic E-state index is 13.2. The molecule has 8 nitrogen and oxygen atoms in total. The van der Waals surface area contributed by atoms with Gasteiger partial charge in [-0.15, -0.1) is 0 Å². The van der Waals surface area contributed by atoms with Gasteiger partial charge in [-0.3, -0.25) is 0 Å². The van der Waals surface area contributed by atoms with Crippen LogP contribution in [-0.4, -0.2) is 25.1 Å². The summed E-state index contributed by atoms with van der Waals surface area (Å²) in [5.41, 5.74) is 1.73. The number of para-hydroxylation sites is 1. The first kappa shape index (κ1) is 28.3. The molecule has 0 radical (unpaired) electrons. The zero-order valence-electron chi connectivity index (χ0n) is 20.5. The second-order valence-corrected chi connectivity index (χ2v) is 7.72. The average molecular weight is 537 g/mol. The molecule has 4 aromatic rings.